The molecule has 1 heterocycles. The molecule has 33 heavy (non-hydrogen) atoms. The summed E-state index contributed by atoms with van der Waals surface area (Å²) in [6, 6.07) is 12.8. The lowest BCUT2D eigenvalue weighted by atomic mass is 10.1. The molecule has 0 bridgehead atoms. The number of ether oxygens (including phenoxy) is 3. The molecule has 0 aliphatic carbocycles. The van der Waals surface area contributed by atoms with E-state index in [1.54, 1.807) is 18.2 Å². The van der Waals surface area contributed by atoms with Crippen LogP contribution in [0.15, 0.2) is 47.5 Å². The summed E-state index contributed by atoms with van der Waals surface area (Å²) >= 11 is 0. The number of benzene rings is 2. The van der Waals surface area contributed by atoms with Crippen molar-refractivity contribution in [2.75, 3.05) is 26.4 Å². The number of aliphatic imine (C=N–C) groups is 1. The molecule has 0 spiro atoms. The zero-order valence-corrected chi connectivity index (χ0v) is 21.3. The fourth-order valence-electron chi connectivity index (χ4n) is 3.39. The van der Waals surface area contributed by atoms with Crippen molar-refractivity contribution in [1.29, 1.82) is 0 Å². The van der Waals surface area contributed by atoms with Crippen molar-refractivity contribution >= 4 is 29.9 Å². The summed E-state index contributed by atoms with van der Waals surface area (Å²) in [5.41, 5.74) is 2.73. The number of halogens is 3. The first-order chi connectivity index (χ1) is 15.5. The summed E-state index contributed by atoms with van der Waals surface area (Å²) < 4.78 is 41.4. The molecule has 0 amide bonds. The number of hydrogen-bond donors (Lipinski definition) is 2. The minimum atomic E-state index is -2.87. The lowest BCUT2D eigenvalue weighted by Crippen LogP contribution is -2.36. The van der Waals surface area contributed by atoms with E-state index < -0.39 is 6.61 Å². The van der Waals surface area contributed by atoms with Gasteiger partial charge >= 0.3 is 6.61 Å². The molecule has 9 heteroatoms. The van der Waals surface area contributed by atoms with Gasteiger partial charge < -0.3 is 24.8 Å². The lowest BCUT2D eigenvalue weighted by Gasteiger charge is -2.17. The molecular weight excluding hydrogens is 543 g/mol. The standard InChI is InChI=1S/C24H31F2N3O3.HI/c1-3-27-24(28-13-19-6-4-5-7-21(19)32-23(25)26)29-14-20-9-8-17(2)12-22(20)31-16-18-10-11-30-15-18;/h4-9,12,18,23H,3,10-11,13-16H2,1-2H3,(H2,27,28,29);1H. The maximum atomic E-state index is 12.7. The van der Waals surface area contributed by atoms with Crippen LogP contribution >= 0.6 is 24.0 Å². The Morgan fingerprint density at radius 3 is 2.70 bits per heavy atom. The predicted molar refractivity (Wildman–Crippen MR) is 136 cm³/mol. The van der Waals surface area contributed by atoms with Crippen molar-refractivity contribution in [1.82, 2.24) is 10.6 Å². The van der Waals surface area contributed by atoms with Gasteiger partial charge in [-0.15, -0.1) is 24.0 Å². The van der Waals surface area contributed by atoms with Crippen molar-refractivity contribution < 1.29 is 23.0 Å². The van der Waals surface area contributed by atoms with E-state index in [1.165, 1.54) is 6.07 Å². The first-order valence-corrected chi connectivity index (χ1v) is 10.9. The Morgan fingerprint density at radius 2 is 1.97 bits per heavy atom. The Balaban J connectivity index is 0.00000385. The normalized spacial score (nSPS) is 15.8. The quantitative estimate of drug-likeness (QED) is 0.240. The minimum Gasteiger partial charge on any atom is -0.493 e. The number of alkyl halides is 2. The molecule has 0 aromatic heterocycles. The van der Waals surface area contributed by atoms with Gasteiger partial charge in [-0.1, -0.05) is 30.3 Å². The molecule has 1 aliphatic heterocycles. The topological polar surface area (TPSA) is 64.1 Å². The van der Waals surface area contributed by atoms with Gasteiger partial charge in [-0.3, -0.25) is 0 Å². The van der Waals surface area contributed by atoms with E-state index in [0.29, 0.717) is 37.1 Å². The van der Waals surface area contributed by atoms with Gasteiger partial charge in [0.25, 0.3) is 0 Å². The Labute approximate surface area is 211 Å². The molecule has 0 saturated carbocycles. The largest absolute Gasteiger partial charge is 0.493 e. The fraction of sp³-hybridized carbons (Fsp3) is 0.458. The van der Waals surface area contributed by atoms with Crippen LogP contribution in [0.2, 0.25) is 0 Å². The average Bonchev–Trinajstić information content (AvgIpc) is 3.29. The van der Waals surface area contributed by atoms with Gasteiger partial charge in [0.05, 0.1) is 19.8 Å². The van der Waals surface area contributed by atoms with Crippen LogP contribution in [0, 0.1) is 12.8 Å². The monoisotopic (exact) mass is 575 g/mol. The van der Waals surface area contributed by atoms with Gasteiger partial charge in [-0.25, -0.2) is 4.99 Å². The molecule has 1 atom stereocenters. The average molecular weight is 575 g/mol. The predicted octanol–water partition coefficient (Wildman–Crippen LogP) is 4.89. The van der Waals surface area contributed by atoms with Gasteiger partial charge in [-0.05, 0) is 38.0 Å². The Bertz CT molecular complexity index is 893. The highest BCUT2D eigenvalue weighted by Crippen LogP contribution is 2.23. The van der Waals surface area contributed by atoms with E-state index in [4.69, 9.17) is 9.47 Å². The highest BCUT2D eigenvalue weighted by Gasteiger charge is 2.17. The van der Waals surface area contributed by atoms with Crippen molar-refractivity contribution in [3.05, 3.63) is 59.2 Å². The molecule has 1 saturated heterocycles. The van der Waals surface area contributed by atoms with Crippen LogP contribution in [0.4, 0.5) is 8.78 Å². The molecule has 1 aliphatic rings. The second kappa shape index (κ2) is 14.2. The van der Waals surface area contributed by atoms with Crippen LogP contribution in [0.25, 0.3) is 0 Å². The van der Waals surface area contributed by atoms with Crippen molar-refractivity contribution in [3.63, 3.8) is 0 Å². The zero-order valence-electron chi connectivity index (χ0n) is 19.0. The van der Waals surface area contributed by atoms with Crippen LogP contribution < -0.4 is 20.1 Å². The molecule has 0 radical (unpaired) electrons. The fourth-order valence-corrected chi connectivity index (χ4v) is 3.39. The van der Waals surface area contributed by atoms with E-state index in [1.807, 2.05) is 32.0 Å². The van der Waals surface area contributed by atoms with E-state index in [9.17, 15) is 8.78 Å². The van der Waals surface area contributed by atoms with Crippen LogP contribution in [0.5, 0.6) is 11.5 Å². The van der Waals surface area contributed by atoms with Crippen LogP contribution in [0.3, 0.4) is 0 Å². The Morgan fingerprint density at radius 1 is 1.15 bits per heavy atom. The van der Waals surface area contributed by atoms with Crippen molar-refractivity contribution in [2.24, 2.45) is 10.9 Å². The molecule has 2 aromatic rings. The third-order valence-corrected chi connectivity index (χ3v) is 5.11. The molecular formula is C24H32F2IN3O3. The number of aryl methyl sites for hydroxylation is 1. The van der Waals surface area contributed by atoms with Gasteiger partial charge in [0.2, 0.25) is 0 Å². The van der Waals surface area contributed by atoms with Crippen LogP contribution in [0.1, 0.15) is 30.0 Å². The zero-order chi connectivity index (χ0) is 22.8. The van der Waals surface area contributed by atoms with Gasteiger partial charge in [0, 0.05) is 36.7 Å². The smallest absolute Gasteiger partial charge is 0.387 e. The number of rotatable bonds is 10. The maximum Gasteiger partial charge on any atom is 0.387 e. The molecule has 1 unspecified atom stereocenters. The summed E-state index contributed by atoms with van der Waals surface area (Å²) in [6.07, 6.45) is 1.02. The number of guanidine groups is 1. The van der Waals surface area contributed by atoms with Crippen LogP contribution in [-0.4, -0.2) is 38.9 Å². The van der Waals surface area contributed by atoms with Gasteiger partial charge in [0.15, 0.2) is 5.96 Å². The number of hydrogen-bond acceptors (Lipinski definition) is 4. The van der Waals surface area contributed by atoms with Crippen molar-refractivity contribution in [3.8, 4) is 11.5 Å². The molecule has 3 rings (SSSR count). The van der Waals surface area contributed by atoms with E-state index in [0.717, 1.165) is 36.5 Å². The molecule has 182 valence electrons. The second-order valence-corrected chi connectivity index (χ2v) is 7.69. The van der Waals surface area contributed by atoms with E-state index >= 15 is 0 Å². The lowest BCUT2D eigenvalue weighted by molar-refractivity contribution is -0.0504. The molecule has 1 fully saturated rings. The first-order valence-electron chi connectivity index (χ1n) is 10.9. The van der Waals surface area contributed by atoms with Crippen LogP contribution in [-0.2, 0) is 17.8 Å². The maximum absolute atomic E-state index is 12.7. The Hall–Kier alpha value is -2.14. The number of nitrogens with zero attached hydrogens (tertiary/aromatic N) is 1. The third kappa shape index (κ3) is 8.96. The van der Waals surface area contributed by atoms with E-state index in [-0.39, 0.29) is 36.3 Å². The second-order valence-electron chi connectivity index (χ2n) is 7.69. The summed E-state index contributed by atoms with van der Waals surface area (Å²) in [7, 11) is 0. The van der Waals surface area contributed by atoms with Crippen molar-refractivity contribution in [2.45, 2.75) is 40.0 Å². The molecule has 2 N–H and O–H groups in total. The first kappa shape index (κ1) is 27.1. The summed E-state index contributed by atoms with van der Waals surface area (Å²) in [5.74, 6) is 1.98. The SMILES string of the molecule is CCNC(=NCc1ccccc1OC(F)F)NCc1ccc(C)cc1OCC1CCOC1.I. The number of para-hydroxylation sites is 1. The van der Waals surface area contributed by atoms with Gasteiger partial charge in [-0.2, -0.15) is 8.78 Å². The van der Waals surface area contributed by atoms with Gasteiger partial charge in [0.1, 0.15) is 11.5 Å². The molecule has 2 aromatic carbocycles. The highest BCUT2D eigenvalue weighted by molar-refractivity contribution is 14.0. The summed E-state index contributed by atoms with van der Waals surface area (Å²) in [4.78, 5) is 4.54. The summed E-state index contributed by atoms with van der Waals surface area (Å²) in [6.45, 7) is 4.68. The highest BCUT2D eigenvalue weighted by atomic mass is 127. The third-order valence-electron chi connectivity index (χ3n) is 5.11. The minimum absolute atomic E-state index is 0. The summed E-state index contributed by atoms with van der Waals surface area (Å²) in [5, 5.41) is 6.48. The number of nitrogens with one attached hydrogen (secondary N) is 2. The van der Waals surface area contributed by atoms with E-state index in [2.05, 4.69) is 20.4 Å². The molecule has 6 nitrogen and oxygen atoms in total. The Kier molecular flexibility index (Phi) is 11.7.